The molecule has 0 aliphatic heterocycles. The molecule has 0 saturated heterocycles. The van der Waals surface area contributed by atoms with E-state index in [1.807, 2.05) is 30.6 Å². The Balaban J connectivity index is 2.23. The molecule has 4 heteroatoms. The van der Waals surface area contributed by atoms with Crippen LogP contribution in [0.2, 0.25) is 0 Å². The number of hydrogen-bond donors (Lipinski definition) is 1. The fraction of sp³-hybridized carbons (Fsp3) is 0.250. The molecule has 0 fully saturated rings. The van der Waals surface area contributed by atoms with Gasteiger partial charge in [0.2, 0.25) is 0 Å². The number of hydrogen-bond acceptors (Lipinski definition) is 3. The van der Waals surface area contributed by atoms with Gasteiger partial charge in [0.1, 0.15) is 0 Å². The molecule has 2 nitrogen and oxygen atoms in total. The number of thiophene rings is 1. The zero-order valence-corrected chi connectivity index (χ0v) is 11.3. The van der Waals surface area contributed by atoms with E-state index in [2.05, 4.69) is 33.2 Å². The standard InChI is InChI=1S/C12H13BrN2S/c1-8(9-2-5-15-6-3-9)11(14)12-10(13)4-7-16-12/h2-8,11H,14H2,1H3. The highest BCUT2D eigenvalue weighted by Gasteiger charge is 2.19. The summed E-state index contributed by atoms with van der Waals surface area (Å²) in [5, 5.41) is 2.05. The first kappa shape index (κ1) is 11.8. The first-order chi connectivity index (χ1) is 7.70. The van der Waals surface area contributed by atoms with Crippen molar-refractivity contribution in [3.8, 4) is 0 Å². The van der Waals surface area contributed by atoms with Crippen LogP contribution in [0.5, 0.6) is 0 Å². The minimum absolute atomic E-state index is 0.0248. The molecular formula is C12H13BrN2S. The zero-order chi connectivity index (χ0) is 11.5. The zero-order valence-electron chi connectivity index (χ0n) is 8.93. The fourth-order valence-electron chi connectivity index (χ4n) is 1.64. The Morgan fingerprint density at radius 2 is 2.00 bits per heavy atom. The topological polar surface area (TPSA) is 38.9 Å². The molecule has 2 unspecified atom stereocenters. The summed E-state index contributed by atoms with van der Waals surface area (Å²) < 4.78 is 1.10. The van der Waals surface area contributed by atoms with Crippen LogP contribution in [0.15, 0.2) is 40.4 Å². The molecule has 2 aromatic rings. The fourth-order valence-corrected chi connectivity index (χ4v) is 3.39. The number of rotatable bonds is 3. The van der Waals surface area contributed by atoms with Crippen molar-refractivity contribution in [2.45, 2.75) is 18.9 Å². The second-order valence-corrected chi connectivity index (χ2v) is 5.53. The highest BCUT2D eigenvalue weighted by atomic mass is 79.9. The summed E-state index contributed by atoms with van der Waals surface area (Å²) in [6, 6.07) is 6.11. The first-order valence-electron chi connectivity index (χ1n) is 5.08. The molecule has 0 amide bonds. The summed E-state index contributed by atoms with van der Waals surface area (Å²) >= 11 is 5.22. The van der Waals surface area contributed by atoms with Crippen LogP contribution in [0.3, 0.4) is 0 Å². The van der Waals surface area contributed by atoms with Gasteiger partial charge in [-0.05, 0) is 45.1 Å². The maximum atomic E-state index is 6.28. The molecule has 0 saturated carbocycles. The maximum Gasteiger partial charge on any atom is 0.0468 e. The summed E-state index contributed by atoms with van der Waals surface area (Å²) in [6.07, 6.45) is 3.62. The highest BCUT2D eigenvalue weighted by molar-refractivity contribution is 9.10. The monoisotopic (exact) mass is 296 g/mol. The normalized spacial score (nSPS) is 14.7. The van der Waals surface area contributed by atoms with Crippen LogP contribution in [0.1, 0.15) is 29.3 Å². The average Bonchev–Trinajstić information content (AvgIpc) is 2.75. The second kappa shape index (κ2) is 5.08. The molecule has 0 bridgehead atoms. The molecule has 0 aliphatic rings. The molecule has 0 aromatic carbocycles. The van der Waals surface area contributed by atoms with E-state index >= 15 is 0 Å². The predicted molar refractivity (Wildman–Crippen MR) is 71.6 cm³/mol. The van der Waals surface area contributed by atoms with Gasteiger partial charge in [-0.15, -0.1) is 11.3 Å². The minimum atomic E-state index is 0.0248. The number of aromatic nitrogens is 1. The summed E-state index contributed by atoms with van der Waals surface area (Å²) in [7, 11) is 0. The smallest absolute Gasteiger partial charge is 0.0468 e. The Bertz CT molecular complexity index is 455. The van der Waals surface area contributed by atoms with Gasteiger partial charge in [-0.3, -0.25) is 4.98 Å². The molecule has 2 aromatic heterocycles. The van der Waals surface area contributed by atoms with Gasteiger partial charge in [-0.25, -0.2) is 0 Å². The lowest BCUT2D eigenvalue weighted by Crippen LogP contribution is -2.16. The van der Waals surface area contributed by atoms with E-state index in [0.717, 1.165) is 4.47 Å². The number of pyridine rings is 1. The van der Waals surface area contributed by atoms with E-state index in [1.165, 1.54) is 10.4 Å². The van der Waals surface area contributed by atoms with Crippen LogP contribution in [0, 0.1) is 0 Å². The van der Waals surface area contributed by atoms with Crippen LogP contribution in [0.4, 0.5) is 0 Å². The molecule has 2 heterocycles. The van der Waals surface area contributed by atoms with E-state index in [4.69, 9.17) is 5.73 Å². The van der Waals surface area contributed by atoms with Gasteiger partial charge in [0.15, 0.2) is 0 Å². The number of halogens is 1. The van der Waals surface area contributed by atoms with Gasteiger partial charge in [-0.2, -0.15) is 0 Å². The van der Waals surface area contributed by atoms with Gasteiger partial charge < -0.3 is 5.73 Å². The first-order valence-corrected chi connectivity index (χ1v) is 6.76. The molecule has 0 radical (unpaired) electrons. The molecule has 0 spiro atoms. The van der Waals surface area contributed by atoms with Crippen molar-refractivity contribution in [1.29, 1.82) is 0 Å². The average molecular weight is 297 g/mol. The lowest BCUT2D eigenvalue weighted by molar-refractivity contribution is 0.605. The van der Waals surface area contributed by atoms with Crippen molar-refractivity contribution in [2.75, 3.05) is 0 Å². The van der Waals surface area contributed by atoms with E-state index in [1.54, 1.807) is 11.3 Å². The molecule has 16 heavy (non-hydrogen) atoms. The van der Waals surface area contributed by atoms with Crippen molar-refractivity contribution in [3.05, 3.63) is 50.9 Å². The lowest BCUT2D eigenvalue weighted by atomic mass is 9.94. The predicted octanol–water partition coefficient (Wildman–Crippen LogP) is 3.71. The molecule has 2 rings (SSSR count). The number of nitrogens with two attached hydrogens (primary N) is 1. The van der Waals surface area contributed by atoms with E-state index in [9.17, 15) is 0 Å². The van der Waals surface area contributed by atoms with E-state index in [-0.39, 0.29) is 12.0 Å². The van der Waals surface area contributed by atoms with Crippen LogP contribution in [0.25, 0.3) is 0 Å². The Labute approximate surface area is 108 Å². The van der Waals surface area contributed by atoms with Gasteiger partial charge in [0, 0.05) is 33.7 Å². The number of nitrogens with zero attached hydrogens (tertiary/aromatic N) is 1. The maximum absolute atomic E-state index is 6.28. The summed E-state index contributed by atoms with van der Waals surface area (Å²) in [5.74, 6) is 0.290. The third-order valence-electron chi connectivity index (χ3n) is 2.72. The van der Waals surface area contributed by atoms with Gasteiger partial charge in [0.25, 0.3) is 0 Å². The third kappa shape index (κ3) is 2.34. The summed E-state index contributed by atoms with van der Waals surface area (Å²) in [5.41, 5.74) is 7.50. The van der Waals surface area contributed by atoms with E-state index < -0.39 is 0 Å². The molecule has 2 atom stereocenters. The minimum Gasteiger partial charge on any atom is -0.323 e. The lowest BCUT2D eigenvalue weighted by Gasteiger charge is -2.19. The second-order valence-electron chi connectivity index (χ2n) is 3.73. The van der Waals surface area contributed by atoms with Crippen molar-refractivity contribution in [2.24, 2.45) is 5.73 Å². The van der Waals surface area contributed by atoms with Crippen molar-refractivity contribution in [3.63, 3.8) is 0 Å². The van der Waals surface area contributed by atoms with Gasteiger partial charge in [-0.1, -0.05) is 6.92 Å². The summed E-state index contributed by atoms with van der Waals surface area (Å²) in [4.78, 5) is 5.22. The van der Waals surface area contributed by atoms with Crippen LogP contribution in [-0.2, 0) is 0 Å². The van der Waals surface area contributed by atoms with Crippen molar-refractivity contribution < 1.29 is 0 Å². The van der Waals surface area contributed by atoms with Gasteiger partial charge in [0.05, 0.1) is 0 Å². The molecule has 0 aliphatic carbocycles. The largest absolute Gasteiger partial charge is 0.323 e. The quantitative estimate of drug-likeness (QED) is 0.938. The van der Waals surface area contributed by atoms with Gasteiger partial charge >= 0.3 is 0 Å². The molecular weight excluding hydrogens is 284 g/mol. The molecule has 84 valence electrons. The van der Waals surface area contributed by atoms with Crippen LogP contribution >= 0.6 is 27.3 Å². The molecule has 2 N–H and O–H groups in total. The Hall–Kier alpha value is -0.710. The SMILES string of the molecule is CC(c1ccncc1)C(N)c1sccc1Br. The van der Waals surface area contributed by atoms with Crippen molar-refractivity contribution >= 4 is 27.3 Å². The van der Waals surface area contributed by atoms with Crippen LogP contribution < -0.4 is 5.73 Å². The third-order valence-corrected chi connectivity index (χ3v) is 4.69. The highest BCUT2D eigenvalue weighted by Crippen LogP contribution is 2.35. The van der Waals surface area contributed by atoms with E-state index in [0.29, 0.717) is 0 Å². The van der Waals surface area contributed by atoms with Crippen LogP contribution in [-0.4, -0.2) is 4.98 Å². The Kier molecular flexibility index (Phi) is 3.74. The Morgan fingerprint density at radius 1 is 1.31 bits per heavy atom. The van der Waals surface area contributed by atoms with Crippen molar-refractivity contribution in [1.82, 2.24) is 4.98 Å². The Morgan fingerprint density at radius 3 is 2.56 bits per heavy atom. The summed E-state index contributed by atoms with van der Waals surface area (Å²) in [6.45, 7) is 2.14.